The summed E-state index contributed by atoms with van der Waals surface area (Å²) in [5.41, 5.74) is 7.37. The molecule has 1 heterocycles. The van der Waals surface area contributed by atoms with Crippen molar-refractivity contribution in [3.63, 3.8) is 0 Å². The van der Waals surface area contributed by atoms with Crippen molar-refractivity contribution in [1.29, 1.82) is 0 Å². The molecule has 0 aliphatic heterocycles. The zero-order valence-corrected chi connectivity index (χ0v) is 12.8. The van der Waals surface area contributed by atoms with Crippen LogP contribution in [0.15, 0.2) is 47.4 Å². The summed E-state index contributed by atoms with van der Waals surface area (Å²) in [4.78, 5) is 11.7. The number of hydrogen-bond donors (Lipinski definition) is 1. The molecule has 21 heavy (non-hydrogen) atoms. The lowest BCUT2D eigenvalue weighted by Gasteiger charge is -2.22. The first-order valence-electron chi connectivity index (χ1n) is 7.06. The van der Waals surface area contributed by atoms with Crippen LogP contribution >= 0.6 is 0 Å². The molecule has 0 atom stereocenters. The SMILES string of the molecule is CC(C)(C)c1ccccc1OCCn1cc(N)ccc1=O. The first-order valence-corrected chi connectivity index (χ1v) is 7.06. The monoisotopic (exact) mass is 286 g/mol. The molecule has 0 saturated carbocycles. The number of anilines is 1. The van der Waals surface area contributed by atoms with Gasteiger partial charge in [0.15, 0.2) is 0 Å². The van der Waals surface area contributed by atoms with Crippen LogP contribution in [0, 0.1) is 0 Å². The third-order valence-electron chi connectivity index (χ3n) is 3.29. The number of nitrogens with two attached hydrogens (primary N) is 1. The van der Waals surface area contributed by atoms with Gasteiger partial charge in [-0.1, -0.05) is 39.0 Å². The maximum Gasteiger partial charge on any atom is 0.250 e. The van der Waals surface area contributed by atoms with E-state index in [2.05, 4.69) is 26.8 Å². The number of ether oxygens (including phenoxy) is 1. The van der Waals surface area contributed by atoms with Crippen LogP contribution in [0.5, 0.6) is 5.75 Å². The zero-order valence-electron chi connectivity index (χ0n) is 12.8. The number of hydrogen-bond acceptors (Lipinski definition) is 3. The van der Waals surface area contributed by atoms with Crippen molar-refractivity contribution >= 4 is 5.69 Å². The lowest BCUT2D eigenvalue weighted by Crippen LogP contribution is -2.22. The molecule has 0 amide bonds. The fourth-order valence-electron chi connectivity index (χ4n) is 2.19. The Labute approximate surface area is 125 Å². The van der Waals surface area contributed by atoms with Crippen LogP contribution in [0.2, 0.25) is 0 Å². The van der Waals surface area contributed by atoms with E-state index < -0.39 is 0 Å². The molecule has 2 aromatic rings. The topological polar surface area (TPSA) is 57.2 Å². The molecule has 0 aliphatic rings. The Bertz CT molecular complexity index is 669. The summed E-state index contributed by atoms with van der Waals surface area (Å²) in [5, 5.41) is 0. The zero-order chi connectivity index (χ0) is 15.5. The van der Waals surface area contributed by atoms with Gasteiger partial charge >= 0.3 is 0 Å². The summed E-state index contributed by atoms with van der Waals surface area (Å²) < 4.78 is 7.43. The number of nitrogen functional groups attached to an aromatic ring is 1. The van der Waals surface area contributed by atoms with E-state index >= 15 is 0 Å². The first-order chi connectivity index (χ1) is 9.88. The van der Waals surface area contributed by atoms with Crippen molar-refractivity contribution in [3.8, 4) is 5.75 Å². The predicted molar refractivity (Wildman–Crippen MR) is 85.8 cm³/mol. The van der Waals surface area contributed by atoms with E-state index in [4.69, 9.17) is 10.5 Å². The molecule has 2 N–H and O–H groups in total. The van der Waals surface area contributed by atoms with Crippen molar-refractivity contribution in [3.05, 3.63) is 58.5 Å². The molecule has 4 heteroatoms. The van der Waals surface area contributed by atoms with E-state index in [9.17, 15) is 4.79 Å². The highest BCUT2D eigenvalue weighted by Crippen LogP contribution is 2.30. The van der Waals surface area contributed by atoms with Gasteiger partial charge in [-0.25, -0.2) is 0 Å². The third-order valence-corrected chi connectivity index (χ3v) is 3.29. The molecule has 0 fully saturated rings. The van der Waals surface area contributed by atoms with Gasteiger partial charge in [-0.05, 0) is 23.1 Å². The number of pyridine rings is 1. The first kappa shape index (κ1) is 15.2. The Morgan fingerprint density at radius 1 is 1.14 bits per heavy atom. The minimum absolute atomic E-state index is 0.0185. The second-order valence-electron chi connectivity index (χ2n) is 6.09. The molecular formula is C17H22N2O2. The second-order valence-corrected chi connectivity index (χ2v) is 6.09. The fourth-order valence-corrected chi connectivity index (χ4v) is 2.19. The van der Waals surface area contributed by atoms with Crippen LogP contribution in [0.4, 0.5) is 5.69 Å². The summed E-state index contributed by atoms with van der Waals surface area (Å²) in [7, 11) is 0. The second kappa shape index (κ2) is 6.04. The van der Waals surface area contributed by atoms with Crippen LogP contribution in [0.1, 0.15) is 26.3 Å². The number of aromatic nitrogens is 1. The van der Waals surface area contributed by atoms with Crippen LogP contribution in [0.3, 0.4) is 0 Å². The van der Waals surface area contributed by atoms with Crippen LogP contribution in [-0.2, 0) is 12.0 Å². The Kier molecular flexibility index (Phi) is 4.36. The van der Waals surface area contributed by atoms with Crippen molar-refractivity contribution in [2.75, 3.05) is 12.3 Å². The minimum atomic E-state index is -0.0723. The van der Waals surface area contributed by atoms with Gasteiger partial charge in [-0.15, -0.1) is 0 Å². The standard InChI is InChI=1S/C17H22N2O2/c1-17(2,3)14-6-4-5-7-15(14)21-11-10-19-12-13(18)8-9-16(19)20/h4-9,12H,10-11,18H2,1-3H3. The Hall–Kier alpha value is -2.23. The van der Waals surface area contributed by atoms with Crippen molar-refractivity contribution in [1.82, 2.24) is 4.57 Å². The quantitative estimate of drug-likeness (QED) is 0.940. The van der Waals surface area contributed by atoms with Crippen molar-refractivity contribution in [2.45, 2.75) is 32.7 Å². The van der Waals surface area contributed by atoms with E-state index in [1.54, 1.807) is 16.8 Å². The number of rotatable bonds is 4. The molecule has 4 nitrogen and oxygen atoms in total. The molecular weight excluding hydrogens is 264 g/mol. The average Bonchev–Trinajstić information content (AvgIpc) is 2.42. The van der Waals surface area contributed by atoms with Gasteiger partial charge in [0.05, 0.1) is 6.54 Å². The maximum atomic E-state index is 11.7. The normalized spacial score (nSPS) is 11.4. The largest absolute Gasteiger partial charge is 0.491 e. The van der Waals surface area contributed by atoms with Crippen molar-refractivity contribution in [2.24, 2.45) is 0 Å². The summed E-state index contributed by atoms with van der Waals surface area (Å²) in [6.07, 6.45) is 1.64. The predicted octanol–water partition coefficient (Wildman–Crippen LogP) is 2.81. The van der Waals surface area contributed by atoms with Gasteiger partial charge < -0.3 is 15.0 Å². The Morgan fingerprint density at radius 3 is 2.57 bits per heavy atom. The van der Waals surface area contributed by atoms with Crippen LogP contribution < -0.4 is 16.0 Å². The number of para-hydroxylation sites is 1. The average molecular weight is 286 g/mol. The molecule has 0 saturated heterocycles. The molecule has 1 aromatic carbocycles. The Balaban J connectivity index is 2.08. The molecule has 0 aliphatic carbocycles. The molecule has 0 radical (unpaired) electrons. The number of nitrogens with zero attached hydrogens (tertiary/aromatic N) is 1. The van der Waals surface area contributed by atoms with Gasteiger partial charge in [0.2, 0.25) is 0 Å². The molecule has 112 valence electrons. The van der Waals surface area contributed by atoms with E-state index in [0.717, 1.165) is 11.3 Å². The summed E-state index contributed by atoms with van der Waals surface area (Å²) >= 11 is 0. The van der Waals surface area contributed by atoms with Gasteiger partial charge in [-0.3, -0.25) is 4.79 Å². The Morgan fingerprint density at radius 2 is 1.86 bits per heavy atom. The highest BCUT2D eigenvalue weighted by atomic mass is 16.5. The molecule has 0 bridgehead atoms. The summed E-state index contributed by atoms with van der Waals surface area (Å²) in [6.45, 7) is 7.35. The minimum Gasteiger partial charge on any atom is -0.491 e. The number of benzene rings is 1. The van der Waals surface area contributed by atoms with Gasteiger partial charge in [0.25, 0.3) is 5.56 Å². The summed E-state index contributed by atoms with van der Waals surface area (Å²) in [5.74, 6) is 0.863. The van der Waals surface area contributed by atoms with Crippen molar-refractivity contribution < 1.29 is 4.74 Å². The molecule has 1 aromatic heterocycles. The lowest BCUT2D eigenvalue weighted by atomic mass is 9.86. The lowest BCUT2D eigenvalue weighted by molar-refractivity contribution is 0.289. The van der Waals surface area contributed by atoms with Gasteiger partial charge in [0.1, 0.15) is 12.4 Å². The molecule has 0 unspecified atom stereocenters. The van der Waals surface area contributed by atoms with Gasteiger partial charge in [-0.2, -0.15) is 0 Å². The molecule has 2 rings (SSSR count). The van der Waals surface area contributed by atoms with Crippen LogP contribution in [0.25, 0.3) is 0 Å². The van der Waals surface area contributed by atoms with E-state index in [0.29, 0.717) is 18.8 Å². The van der Waals surface area contributed by atoms with E-state index in [1.165, 1.54) is 6.07 Å². The van der Waals surface area contributed by atoms with Gasteiger partial charge in [0, 0.05) is 18.0 Å². The van der Waals surface area contributed by atoms with E-state index in [1.807, 2.05) is 18.2 Å². The molecule has 0 spiro atoms. The fraction of sp³-hybridized carbons (Fsp3) is 0.353. The van der Waals surface area contributed by atoms with E-state index in [-0.39, 0.29) is 11.0 Å². The highest BCUT2D eigenvalue weighted by molar-refractivity contribution is 5.38. The maximum absolute atomic E-state index is 11.7. The highest BCUT2D eigenvalue weighted by Gasteiger charge is 2.18. The summed E-state index contributed by atoms with van der Waals surface area (Å²) in [6, 6.07) is 11.1. The smallest absolute Gasteiger partial charge is 0.250 e. The third kappa shape index (κ3) is 3.88. The van der Waals surface area contributed by atoms with Crippen LogP contribution in [-0.4, -0.2) is 11.2 Å².